The Morgan fingerprint density at radius 1 is 1.42 bits per heavy atom. The maximum Gasteiger partial charge on any atom is 0.0676 e. The van der Waals surface area contributed by atoms with Crippen molar-refractivity contribution in [2.24, 2.45) is 0 Å². The van der Waals surface area contributed by atoms with E-state index in [9.17, 15) is 0 Å². The highest BCUT2D eigenvalue weighted by atomic mass is 16.3. The molecule has 0 aliphatic rings. The quantitative estimate of drug-likeness (QED) is 0.604. The Hall–Kier alpha value is -0.560. The first-order valence-corrected chi connectivity index (χ1v) is 4.72. The lowest BCUT2D eigenvalue weighted by atomic mass is 10.0. The van der Waals surface area contributed by atoms with E-state index in [1.54, 1.807) is 0 Å². The van der Waals surface area contributed by atoms with E-state index in [1.807, 2.05) is 6.08 Å². The Kier molecular flexibility index (Phi) is 6.78. The molecule has 0 amide bonds. The third-order valence-electron chi connectivity index (χ3n) is 1.92. The summed E-state index contributed by atoms with van der Waals surface area (Å²) in [7, 11) is 0. The lowest BCUT2D eigenvalue weighted by molar-refractivity contribution is 0.335. The van der Waals surface area contributed by atoms with Gasteiger partial charge in [-0.05, 0) is 24.8 Å². The van der Waals surface area contributed by atoms with Gasteiger partial charge in [0.05, 0.1) is 6.61 Å². The molecule has 0 aromatic heterocycles. The van der Waals surface area contributed by atoms with Crippen molar-refractivity contribution < 1.29 is 5.11 Å². The van der Waals surface area contributed by atoms with Crippen LogP contribution in [0.3, 0.4) is 0 Å². The SMILES string of the molecule is C=C(/C=C(/CC)CCCC)CO. The Balaban J connectivity index is 3.94. The van der Waals surface area contributed by atoms with E-state index < -0.39 is 0 Å². The maximum atomic E-state index is 8.76. The van der Waals surface area contributed by atoms with Gasteiger partial charge in [-0.1, -0.05) is 38.5 Å². The molecule has 0 saturated carbocycles. The summed E-state index contributed by atoms with van der Waals surface area (Å²) in [4.78, 5) is 0. The van der Waals surface area contributed by atoms with Crippen LogP contribution in [0.15, 0.2) is 23.8 Å². The minimum atomic E-state index is 0.0790. The third-order valence-corrected chi connectivity index (χ3v) is 1.92. The maximum absolute atomic E-state index is 8.76. The van der Waals surface area contributed by atoms with Crippen LogP contribution < -0.4 is 0 Å². The fourth-order valence-electron chi connectivity index (χ4n) is 1.09. The molecule has 0 aliphatic carbocycles. The van der Waals surface area contributed by atoms with Crippen molar-refractivity contribution in [1.82, 2.24) is 0 Å². The molecule has 0 saturated heterocycles. The van der Waals surface area contributed by atoms with Crippen LogP contribution in [0.1, 0.15) is 39.5 Å². The topological polar surface area (TPSA) is 20.2 Å². The van der Waals surface area contributed by atoms with Gasteiger partial charge in [-0.25, -0.2) is 0 Å². The predicted octanol–water partition coefficient (Wildman–Crippen LogP) is 3.06. The van der Waals surface area contributed by atoms with E-state index in [-0.39, 0.29) is 6.61 Å². The molecule has 0 heterocycles. The van der Waals surface area contributed by atoms with Crippen molar-refractivity contribution in [3.05, 3.63) is 23.8 Å². The van der Waals surface area contributed by atoms with Crippen LogP contribution in [-0.4, -0.2) is 11.7 Å². The largest absolute Gasteiger partial charge is 0.392 e. The molecule has 0 bridgehead atoms. The van der Waals surface area contributed by atoms with Gasteiger partial charge in [0, 0.05) is 0 Å². The first-order valence-electron chi connectivity index (χ1n) is 4.72. The average molecular weight is 168 g/mol. The molecule has 0 rings (SSSR count). The first-order chi connectivity index (χ1) is 5.74. The van der Waals surface area contributed by atoms with E-state index in [0.29, 0.717) is 0 Å². The Bertz CT molecular complexity index is 156. The normalized spacial score (nSPS) is 11.8. The number of aliphatic hydroxyl groups is 1. The van der Waals surface area contributed by atoms with Gasteiger partial charge in [-0.2, -0.15) is 0 Å². The highest BCUT2D eigenvalue weighted by Gasteiger charge is 1.94. The molecular formula is C11H20O. The number of unbranched alkanes of at least 4 members (excludes halogenated alkanes) is 1. The zero-order valence-corrected chi connectivity index (χ0v) is 8.27. The molecule has 0 atom stereocenters. The molecule has 1 heteroatoms. The van der Waals surface area contributed by atoms with Crippen LogP contribution in [-0.2, 0) is 0 Å². The average Bonchev–Trinajstić information content (AvgIpc) is 2.11. The summed E-state index contributed by atoms with van der Waals surface area (Å²) in [5.74, 6) is 0. The minimum absolute atomic E-state index is 0.0790. The van der Waals surface area contributed by atoms with Gasteiger partial charge in [0.1, 0.15) is 0 Å². The van der Waals surface area contributed by atoms with Crippen molar-refractivity contribution in [3.63, 3.8) is 0 Å². The molecule has 70 valence electrons. The smallest absolute Gasteiger partial charge is 0.0676 e. The summed E-state index contributed by atoms with van der Waals surface area (Å²) in [5.41, 5.74) is 2.22. The summed E-state index contributed by atoms with van der Waals surface area (Å²) in [6.07, 6.45) is 6.70. The van der Waals surface area contributed by atoms with Gasteiger partial charge in [0.25, 0.3) is 0 Å². The van der Waals surface area contributed by atoms with Crippen LogP contribution in [0, 0.1) is 0 Å². The second-order valence-electron chi connectivity index (χ2n) is 3.08. The molecule has 0 aromatic carbocycles. The lowest BCUT2D eigenvalue weighted by Gasteiger charge is -2.03. The third kappa shape index (κ3) is 5.14. The Morgan fingerprint density at radius 2 is 2.08 bits per heavy atom. The molecule has 0 aromatic rings. The Morgan fingerprint density at radius 3 is 2.50 bits per heavy atom. The van der Waals surface area contributed by atoms with E-state index in [1.165, 1.54) is 18.4 Å². The molecule has 1 N–H and O–H groups in total. The summed E-state index contributed by atoms with van der Waals surface area (Å²) >= 11 is 0. The second kappa shape index (κ2) is 7.11. The highest BCUT2D eigenvalue weighted by molar-refractivity contribution is 5.20. The van der Waals surface area contributed by atoms with Crippen LogP contribution in [0.2, 0.25) is 0 Å². The number of allylic oxidation sites excluding steroid dienone is 1. The molecule has 0 aliphatic heterocycles. The van der Waals surface area contributed by atoms with E-state index in [2.05, 4.69) is 20.4 Å². The summed E-state index contributed by atoms with van der Waals surface area (Å²) < 4.78 is 0. The van der Waals surface area contributed by atoms with Crippen LogP contribution in [0.5, 0.6) is 0 Å². The van der Waals surface area contributed by atoms with E-state index >= 15 is 0 Å². The minimum Gasteiger partial charge on any atom is -0.392 e. The van der Waals surface area contributed by atoms with Crippen LogP contribution in [0.4, 0.5) is 0 Å². The molecule has 0 radical (unpaired) electrons. The van der Waals surface area contributed by atoms with Crippen LogP contribution in [0.25, 0.3) is 0 Å². The van der Waals surface area contributed by atoms with Gasteiger partial charge in [-0.15, -0.1) is 0 Å². The molecule has 12 heavy (non-hydrogen) atoms. The zero-order chi connectivity index (χ0) is 9.40. The van der Waals surface area contributed by atoms with E-state index in [4.69, 9.17) is 5.11 Å². The molecular weight excluding hydrogens is 148 g/mol. The number of hydrogen-bond acceptors (Lipinski definition) is 1. The Labute approximate surface area is 75.8 Å². The van der Waals surface area contributed by atoms with Crippen molar-refractivity contribution in [1.29, 1.82) is 0 Å². The van der Waals surface area contributed by atoms with Gasteiger partial charge in [-0.3, -0.25) is 0 Å². The number of rotatable bonds is 6. The molecule has 1 nitrogen and oxygen atoms in total. The van der Waals surface area contributed by atoms with Gasteiger partial charge in [0.2, 0.25) is 0 Å². The highest BCUT2D eigenvalue weighted by Crippen LogP contribution is 2.12. The predicted molar refractivity (Wildman–Crippen MR) is 54.1 cm³/mol. The molecule has 0 fully saturated rings. The van der Waals surface area contributed by atoms with E-state index in [0.717, 1.165) is 18.4 Å². The monoisotopic (exact) mass is 168 g/mol. The fraction of sp³-hybridized carbons (Fsp3) is 0.636. The van der Waals surface area contributed by atoms with Crippen molar-refractivity contribution >= 4 is 0 Å². The standard InChI is InChI=1S/C11H20O/c1-4-6-7-11(5-2)8-10(3)9-12/h8,12H,3-7,9H2,1-2H3/b11-8-. The lowest BCUT2D eigenvalue weighted by Crippen LogP contribution is -1.88. The zero-order valence-electron chi connectivity index (χ0n) is 8.27. The molecule has 0 spiro atoms. The van der Waals surface area contributed by atoms with Crippen molar-refractivity contribution in [2.75, 3.05) is 6.61 Å². The van der Waals surface area contributed by atoms with Gasteiger partial charge < -0.3 is 5.11 Å². The number of aliphatic hydroxyl groups excluding tert-OH is 1. The number of hydrogen-bond donors (Lipinski definition) is 1. The first kappa shape index (κ1) is 11.4. The van der Waals surface area contributed by atoms with Gasteiger partial charge in [0.15, 0.2) is 0 Å². The fourth-order valence-corrected chi connectivity index (χ4v) is 1.09. The van der Waals surface area contributed by atoms with Crippen molar-refractivity contribution in [3.8, 4) is 0 Å². The van der Waals surface area contributed by atoms with Gasteiger partial charge >= 0.3 is 0 Å². The summed E-state index contributed by atoms with van der Waals surface area (Å²) in [6, 6.07) is 0. The van der Waals surface area contributed by atoms with Crippen LogP contribution >= 0.6 is 0 Å². The van der Waals surface area contributed by atoms with Crippen molar-refractivity contribution in [2.45, 2.75) is 39.5 Å². The summed E-state index contributed by atoms with van der Waals surface area (Å²) in [5, 5.41) is 8.76. The second-order valence-corrected chi connectivity index (χ2v) is 3.08. The summed E-state index contributed by atoms with van der Waals surface area (Å²) in [6.45, 7) is 8.16. The molecule has 0 unspecified atom stereocenters.